The number of rotatable bonds is 13. The van der Waals surface area contributed by atoms with Gasteiger partial charge in [0.1, 0.15) is 0 Å². The highest BCUT2D eigenvalue weighted by Gasteiger charge is 2.20. The van der Waals surface area contributed by atoms with Crippen molar-refractivity contribution in [3.05, 3.63) is 23.8 Å². The lowest BCUT2D eigenvalue weighted by Gasteiger charge is -2.06. The molecule has 1 aromatic heterocycles. The molecular formula is C18H28N2O4. The van der Waals surface area contributed by atoms with Crippen LogP contribution in [0, 0.1) is 0 Å². The van der Waals surface area contributed by atoms with Crippen molar-refractivity contribution < 1.29 is 19.4 Å². The second-order valence-electron chi connectivity index (χ2n) is 5.88. The third kappa shape index (κ3) is 8.04. The molecule has 6 heteroatoms. The summed E-state index contributed by atoms with van der Waals surface area (Å²) in [6, 6.07) is 0. The van der Waals surface area contributed by atoms with Gasteiger partial charge < -0.3 is 9.84 Å². The number of ether oxygens (including phenoxy) is 1. The van der Waals surface area contributed by atoms with Gasteiger partial charge in [0.15, 0.2) is 11.4 Å². The molecule has 1 aromatic rings. The first-order valence-electron chi connectivity index (χ1n) is 8.88. The largest absolute Gasteiger partial charge is 0.476 e. The van der Waals surface area contributed by atoms with Gasteiger partial charge in [-0.1, -0.05) is 64.7 Å². The molecule has 0 fully saturated rings. The van der Waals surface area contributed by atoms with Gasteiger partial charge in [-0.2, -0.15) is 0 Å². The van der Waals surface area contributed by atoms with Gasteiger partial charge in [-0.3, -0.25) is 0 Å². The van der Waals surface area contributed by atoms with Gasteiger partial charge in [-0.05, 0) is 6.42 Å². The zero-order valence-electron chi connectivity index (χ0n) is 14.5. The van der Waals surface area contributed by atoms with Gasteiger partial charge in [-0.25, -0.2) is 19.6 Å². The molecule has 1 heterocycles. The minimum absolute atomic E-state index is 0.239. The number of nitrogens with zero attached hydrogens (tertiary/aromatic N) is 2. The van der Waals surface area contributed by atoms with Crippen LogP contribution in [0.15, 0.2) is 12.4 Å². The highest BCUT2D eigenvalue weighted by atomic mass is 16.5. The van der Waals surface area contributed by atoms with Crippen LogP contribution < -0.4 is 0 Å². The van der Waals surface area contributed by atoms with E-state index in [0.717, 1.165) is 19.3 Å². The van der Waals surface area contributed by atoms with Crippen LogP contribution in [0.4, 0.5) is 0 Å². The summed E-state index contributed by atoms with van der Waals surface area (Å²) < 4.78 is 5.09. The highest BCUT2D eigenvalue weighted by molar-refractivity contribution is 5.99. The Bertz CT molecular complexity index is 506. The number of carbonyl (C=O) groups is 2. The zero-order chi connectivity index (χ0) is 17.6. The van der Waals surface area contributed by atoms with Crippen molar-refractivity contribution in [2.75, 3.05) is 6.61 Å². The number of aromatic carboxylic acids is 1. The molecular weight excluding hydrogens is 308 g/mol. The van der Waals surface area contributed by atoms with E-state index in [1.54, 1.807) is 0 Å². The normalized spacial score (nSPS) is 10.5. The van der Waals surface area contributed by atoms with Crippen molar-refractivity contribution in [2.45, 2.75) is 71.1 Å². The molecule has 0 aliphatic rings. The van der Waals surface area contributed by atoms with Crippen molar-refractivity contribution in [2.24, 2.45) is 0 Å². The Kier molecular flexibility index (Phi) is 10.4. The average molecular weight is 336 g/mol. The topological polar surface area (TPSA) is 89.4 Å². The van der Waals surface area contributed by atoms with Crippen molar-refractivity contribution >= 4 is 11.9 Å². The number of hydrogen-bond acceptors (Lipinski definition) is 5. The fourth-order valence-electron chi connectivity index (χ4n) is 2.47. The van der Waals surface area contributed by atoms with E-state index >= 15 is 0 Å². The minimum atomic E-state index is -1.28. The smallest absolute Gasteiger partial charge is 0.359 e. The lowest BCUT2D eigenvalue weighted by Crippen LogP contribution is -2.15. The van der Waals surface area contributed by atoms with Crippen molar-refractivity contribution in [3.63, 3.8) is 0 Å². The number of hydrogen-bond donors (Lipinski definition) is 1. The molecule has 0 aromatic carbocycles. The van der Waals surface area contributed by atoms with Gasteiger partial charge in [0, 0.05) is 12.4 Å². The first kappa shape index (κ1) is 20.1. The summed E-state index contributed by atoms with van der Waals surface area (Å²) in [6.45, 7) is 2.50. The molecule has 0 saturated heterocycles. The molecule has 6 nitrogen and oxygen atoms in total. The van der Waals surface area contributed by atoms with E-state index in [-0.39, 0.29) is 18.0 Å². The monoisotopic (exact) mass is 336 g/mol. The minimum Gasteiger partial charge on any atom is -0.476 e. The second kappa shape index (κ2) is 12.4. The standard InChI is InChI=1S/C18H28N2O4/c1-2-3-4-5-6-7-8-9-10-11-14-24-18(23)16-15(17(21)22)19-12-13-20-16/h12-13H,2-11,14H2,1H3,(H,21,22). The van der Waals surface area contributed by atoms with Crippen molar-refractivity contribution in [3.8, 4) is 0 Å². The van der Waals surface area contributed by atoms with Gasteiger partial charge in [0.05, 0.1) is 6.61 Å². The van der Waals surface area contributed by atoms with E-state index in [9.17, 15) is 9.59 Å². The van der Waals surface area contributed by atoms with E-state index in [1.807, 2.05) is 0 Å². The lowest BCUT2D eigenvalue weighted by atomic mass is 10.1. The van der Waals surface area contributed by atoms with Crippen molar-refractivity contribution in [1.29, 1.82) is 0 Å². The molecule has 24 heavy (non-hydrogen) atoms. The van der Waals surface area contributed by atoms with Crippen molar-refractivity contribution in [1.82, 2.24) is 9.97 Å². The van der Waals surface area contributed by atoms with E-state index in [2.05, 4.69) is 16.9 Å². The molecule has 1 N–H and O–H groups in total. The molecule has 0 spiro atoms. The predicted octanol–water partition coefficient (Wildman–Crippen LogP) is 4.25. The third-order valence-corrected chi connectivity index (χ3v) is 3.83. The van der Waals surface area contributed by atoms with E-state index in [1.165, 1.54) is 57.3 Å². The number of unbranched alkanes of at least 4 members (excludes halogenated alkanes) is 9. The number of esters is 1. The Labute approximate surface area is 143 Å². The third-order valence-electron chi connectivity index (χ3n) is 3.83. The van der Waals surface area contributed by atoms with Gasteiger partial charge in [-0.15, -0.1) is 0 Å². The van der Waals surface area contributed by atoms with Crippen LogP contribution in [-0.2, 0) is 4.74 Å². The van der Waals surface area contributed by atoms with Crippen LogP contribution in [0.5, 0.6) is 0 Å². The Morgan fingerprint density at radius 2 is 1.38 bits per heavy atom. The fraction of sp³-hybridized carbons (Fsp3) is 0.667. The maximum absolute atomic E-state index is 11.8. The molecule has 0 unspecified atom stereocenters. The molecule has 0 bridgehead atoms. The molecule has 134 valence electrons. The highest BCUT2D eigenvalue weighted by Crippen LogP contribution is 2.11. The quantitative estimate of drug-likeness (QED) is 0.428. The Balaban J connectivity index is 2.09. The van der Waals surface area contributed by atoms with Crippen LogP contribution in [0.3, 0.4) is 0 Å². The van der Waals surface area contributed by atoms with Gasteiger partial charge >= 0.3 is 11.9 Å². The first-order chi connectivity index (χ1) is 11.7. The molecule has 0 aliphatic heterocycles. The molecule has 0 atom stereocenters. The molecule has 0 saturated carbocycles. The summed E-state index contributed by atoms with van der Waals surface area (Å²) >= 11 is 0. The van der Waals surface area contributed by atoms with E-state index < -0.39 is 11.9 Å². The maximum atomic E-state index is 11.8. The maximum Gasteiger partial charge on any atom is 0.359 e. The van der Waals surface area contributed by atoms with Crippen LogP contribution >= 0.6 is 0 Å². The molecule has 0 radical (unpaired) electrons. The number of carboxylic acids is 1. The summed E-state index contributed by atoms with van der Waals surface area (Å²) in [4.78, 5) is 30.2. The SMILES string of the molecule is CCCCCCCCCCCCOC(=O)c1nccnc1C(=O)O. The molecule has 0 aliphatic carbocycles. The zero-order valence-corrected chi connectivity index (χ0v) is 14.5. The Morgan fingerprint density at radius 3 is 1.92 bits per heavy atom. The molecule has 0 amide bonds. The summed E-state index contributed by atoms with van der Waals surface area (Å²) in [7, 11) is 0. The number of aromatic nitrogens is 2. The number of carboxylic acid groups (broad SMARTS) is 1. The summed E-state index contributed by atoms with van der Waals surface area (Å²) in [5, 5.41) is 8.96. The van der Waals surface area contributed by atoms with Crippen LogP contribution in [0.25, 0.3) is 0 Å². The first-order valence-corrected chi connectivity index (χ1v) is 8.88. The van der Waals surface area contributed by atoms with Gasteiger partial charge in [0.25, 0.3) is 0 Å². The fourth-order valence-corrected chi connectivity index (χ4v) is 2.47. The van der Waals surface area contributed by atoms with E-state index in [0.29, 0.717) is 0 Å². The van der Waals surface area contributed by atoms with E-state index in [4.69, 9.17) is 9.84 Å². The Hall–Kier alpha value is -1.98. The van der Waals surface area contributed by atoms with Crippen LogP contribution in [0.1, 0.15) is 92.1 Å². The Morgan fingerprint density at radius 1 is 0.875 bits per heavy atom. The summed E-state index contributed by atoms with van der Waals surface area (Å²) in [5.41, 5.74) is -0.609. The number of carbonyl (C=O) groups excluding carboxylic acids is 1. The van der Waals surface area contributed by atoms with Gasteiger partial charge in [0.2, 0.25) is 0 Å². The summed E-state index contributed by atoms with van der Waals surface area (Å²) in [6.07, 6.45) is 14.5. The lowest BCUT2D eigenvalue weighted by molar-refractivity contribution is 0.0478. The van der Waals surface area contributed by atoms with Crippen LogP contribution in [-0.4, -0.2) is 33.6 Å². The summed E-state index contributed by atoms with van der Waals surface area (Å²) in [5.74, 6) is -2.01. The second-order valence-corrected chi connectivity index (χ2v) is 5.88. The van der Waals surface area contributed by atoms with Crippen LogP contribution in [0.2, 0.25) is 0 Å². The average Bonchev–Trinajstić information content (AvgIpc) is 2.59. The predicted molar refractivity (Wildman–Crippen MR) is 91.1 cm³/mol. The molecule has 1 rings (SSSR count).